The van der Waals surface area contributed by atoms with Gasteiger partial charge >= 0.3 is 0 Å². The molecule has 0 fully saturated rings. The highest BCUT2D eigenvalue weighted by Crippen LogP contribution is 2.27. The molecule has 4 heteroatoms. The number of H-pyrrole nitrogens is 1. The molecule has 0 saturated heterocycles. The predicted molar refractivity (Wildman–Crippen MR) is 65.4 cm³/mol. The van der Waals surface area contributed by atoms with Gasteiger partial charge < -0.3 is 4.98 Å². The van der Waals surface area contributed by atoms with Crippen molar-refractivity contribution in [2.75, 3.05) is 0 Å². The zero-order valence-electron chi connectivity index (χ0n) is 7.95. The van der Waals surface area contributed by atoms with Crippen LogP contribution in [0.25, 0.3) is 0 Å². The smallest absolute Gasteiger partial charge is 0.107 e. The first-order valence-electron chi connectivity index (χ1n) is 4.63. The van der Waals surface area contributed by atoms with Crippen molar-refractivity contribution in [2.45, 2.75) is 11.2 Å². The van der Waals surface area contributed by atoms with Crippen molar-refractivity contribution in [1.82, 2.24) is 9.97 Å². The Balaban J connectivity index is 2.11. The van der Waals surface area contributed by atoms with Crippen molar-refractivity contribution in [3.63, 3.8) is 0 Å². The van der Waals surface area contributed by atoms with Crippen LogP contribution in [0.4, 0.5) is 0 Å². The Kier molecular flexibility index (Phi) is 3.44. The molecule has 1 aromatic carbocycles. The molecule has 2 nitrogen and oxygen atoms in total. The standard InChI is InChI=1S/C11H10BrClN2/c12-10(7-11-14-4-5-15-11)8-2-1-3-9(13)6-8/h1-6,10H,7H2,(H,14,15). The molecule has 1 unspecified atom stereocenters. The number of halogens is 2. The monoisotopic (exact) mass is 284 g/mol. The summed E-state index contributed by atoms with van der Waals surface area (Å²) in [4.78, 5) is 7.50. The van der Waals surface area contributed by atoms with E-state index in [1.165, 1.54) is 5.56 Å². The summed E-state index contributed by atoms with van der Waals surface area (Å²) in [5.74, 6) is 0.969. The van der Waals surface area contributed by atoms with Crippen molar-refractivity contribution >= 4 is 27.5 Å². The van der Waals surface area contributed by atoms with E-state index in [9.17, 15) is 0 Å². The largest absolute Gasteiger partial charge is 0.349 e. The first-order valence-corrected chi connectivity index (χ1v) is 5.93. The van der Waals surface area contributed by atoms with Crippen LogP contribution >= 0.6 is 27.5 Å². The van der Waals surface area contributed by atoms with Crippen LogP contribution in [0.3, 0.4) is 0 Å². The maximum absolute atomic E-state index is 5.93. The zero-order chi connectivity index (χ0) is 10.7. The lowest BCUT2D eigenvalue weighted by molar-refractivity contribution is 0.876. The van der Waals surface area contributed by atoms with Crippen molar-refractivity contribution in [2.24, 2.45) is 0 Å². The van der Waals surface area contributed by atoms with Crippen LogP contribution in [0.1, 0.15) is 16.2 Å². The molecule has 0 saturated carbocycles. The van der Waals surface area contributed by atoms with E-state index in [2.05, 4.69) is 25.9 Å². The Labute approximate surface area is 102 Å². The number of imidazole rings is 1. The van der Waals surface area contributed by atoms with E-state index in [-0.39, 0.29) is 4.83 Å². The van der Waals surface area contributed by atoms with E-state index in [1.54, 1.807) is 6.20 Å². The molecule has 1 aromatic heterocycles. The second kappa shape index (κ2) is 4.81. The average molecular weight is 286 g/mol. The van der Waals surface area contributed by atoms with Gasteiger partial charge in [0.1, 0.15) is 5.82 Å². The molecule has 0 amide bonds. The van der Waals surface area contributed by atoms with Crippen LogP contribution in [0.15, 0.2) is 36.7 Å². The van der Waals surface area contributed by atoms with E-state index >= 15 is 0 Å². The van der Waals surface area contributed by atoms with E-state index in [1.807, 2.05) is 30.5 Å². The molecule has 1 N–H and O–H groups in total. The van der Waals surface area contributed by atoms with Gasteiger partial charge in [-0.25, -0.2) is 4.98 Å². The van der Waals surface area contributed by atoms with Crippen molar-refractivity contribution < 1.29 is 0 Å². The molecule has 15 heavy (non-hydrogen) atoms. The molecule has 2 rings (SSSR count). The minimum atomic E-state index is 0.238. The number of hydrogen-bond donors (Lipinski definition) is 1. The SMILES string of the molecule is Clc1cccc(C(Br)Cc2ncc[nH]2)c1. The Morgan fingerprint density at radius 2 is 2.33 bits per heavy atom. The van der Waals surface area contributed by atoms with Crippen molar-refractivity contribution in [3.8, 4) is 0 Å². The average Bonchev–Trinajstić information content (AvgIpc) is 2.70. The van der Waals surface area contributed by atoms with Gasteiger partial charge in [0.2, 0.25) is 0 Å². The Morgan fingerprint density at radius 1 is 1.47 bits per heavy atom. The molecular formula is C11H10BrClN2. The highest BCUT2D eigenvalue weighted by atomic mass is 79.9. The first-order chi connectivity index (χ1) is 7.25. The number of nitrogens with zero attached hydrogens (tertiary/aromatic N) is 1. The summed E-state index contributed by atoms with van der Waals surface area (Å²) in [6.45, 7) is 0. The van der Waals surface area contributed by atoms with Crippen molar-refractivity contribution in [1.29, 1.82) is 0 Å². The van der Waals surface area contributed by atoms with Crippen LogP contribution < -0.4 is 0 Å². The summed E-state index contributed by atoms with van der Waals surface area (Å²) in [5.41, 5.74) is 1.17. The third kappa shape index (κ3) is 2.83. The third-order valence-electron chi connectivity index (χ3n) is 2.14. The topological polar surface area (TPSA) is 28.7 Å². The van der Waals surface area contributed by atoms with Gasteiger partial charge in [0, 0.05) is 28.7 Å². The van der Waals surface area contributed by atoms with Gasteiger partial charge in [0.05, 0.1) is 0 Å². The highest BCUT2D eigenvalue weighted by molar-refractivity contribution is 9.09. The molecular weight excluding hydrogens is 275 g/mol. The van der Waals surface area contributed by atoms with Gasteiger partial charge in [-0.1, -0.05) is 39.7 Å². The second-order valence-corrected chi connectivity index (χ2v) is 4.80. The quantitative estimate of drug-likeness (QED) is 0.855. The molecule has 1 atom stereocenters. The maximum Gasteiger partial charge on any atom is 0.107 e. The fourth-order valence-corrected chi connectivity index (χ4v) is 2.19. The van der Waals surface area contributed by atoms with Gasteiger partial charge in [-0.15, -0.1) is 0 Å². The summed E-state index contributed by atoms with van der Waals surface area (Å²) < 4.78 is 0. The van der Waals surface area contributed by atoms with Crippen LogP contribution in [-0.4, -0.2) is 9.97 Å². The molecule has 1 heterocycles. The van der Waals surface area contributed by atoms with Gasteiger partial charge in [0.15, 0.2) is 0 Å². The molecule has 0 aliphatic carbocycles. The second-order valence-electron chi connectivity index (χ2n) is 3.26. The first kappa shape index (κ1) is 10.7. The molecule has 0 aliphatic rings. The van der Waals surface area contributed by atoms with Gasteiger partial charge in [-0.05, 0) is 17.7 Å². The minimum Gasteiger partial charge on any atom is -0.349 e. The maximum atomic E-state index is 5.93. The molecule has 0 radical (unpaired) electrons. The van der Waals surface area contributed by atoms with Crippen LogP contribution in [-0.2, 0) is 6.42 Å². The Hall–Kier alpha value is -0.800. The molecule has 2 aromatic rings. The lowest BCUT2D eigenvalue weighted by Crippen LogP contribution is -1.96. The number of alkyl halides is 1. The number of rotatable bonds is 3. The Bertz CT molecular complexity index is 428. The number of aromatic amines is 1. The van der Waals surface area contributed by atoms with Gasteiger partial charge in [-0.2, -0.15) is 0 Å². The molecule has 0 aliphatic heterocycles. The number of hydrogen-bond acceptors (Lipinski definition) is 1. The molecule has 78 valence electrons. The zero-order valence-corrected chi connectivity index (χ0v) is 10.3. The fourth-order valence-electron chi connectivity index (χ4n) is 1.40. The summed E-state index contributed by atoms with van der Waals surface area (Å²) in [6, 6.07) is 7.84. The van der Waals surface area contributed by atoms with E-state index in [0.29, 0.717) is 0 Å². The third-order valence-corrected chi connectivity index (χ3v) is 3.23. The lowest BCUT2D eigenvalue weighted by Gasteiger charge is -2.08. The summed E-state index contributed by atoms with van der Waals surface area (Å²) >= 11 is 9.55. The van der Waals surface area contributed by atoms with Gasteiger partial charge in [0.25, 0.3) is 0 Å². The number of benzene rings is 1. The van der Waals surface area contributed by atoms with Crippen LogP contribution in [0.2, 0.25) is 5.02 Å². The van der Waals surface area contributed by atoms with E-state index < -0.39 is 0 Å². The predicted octanol–water partition coefficient (Wildman–Crippen LogP) is 3.74. The fraction of sp³-hybridized carbons (Fsp3) is 0.182. The van der Waals surface area contributed by atoms with Crippen molar-refractivity contribution in [3.05, 3.63) is 53.1 Å². The van der Waals surface area contributed by atoms with E-state index in [0.717, 1.165) is 17.3 Å². The minimum absolute atomic E-state index is 0.238. The summed E-state index contributed by atoms with van der Waals surface area (Å²) in [7, 11) is 0. The number of aromatic nitrogens is 2. The molecule has 0 bridgehead atoms. The number of nitrogens with one attached hydrogen (secondary N) is 1. The molecule has 0 spiro atoms. The van der Waals surface area contributed by atoms with Crippen LogP contribution in [0, 0.1) is 0 Å². The van der Waals surface area contributed by atoms with Crippen LogP contribution in [0.5, 0.6) is 0 Å². The summed E-state index contributed by atoms with van der Waals surface area (Å²) in [5, 5.41) is 0.761. The highest BCUT2D eigenvalue weighted by Gasteiger charge is 2.09. The van der Waals surface area contributed by atoms with E-state index in [4.69, 9.17) is 11.6 Å². The lowest BCUT2D eigenvalue weighted by atomic mass is 10.1. The summed E-state index contributed by atoms with van der Waals surface area (Å²) in [6.07, 6.45) is 4.41. The van der Waals surface area contributed by atoms with Gasteiger partial charge in [-0.3, -0.25) is 0 Å². The Morgan fingerprint density at radius 3 is 3.00 bits per heavy atom. The normalized spacial score (nSPS) is 12.7.